The van der Waals surface area contributed by atoms with Gasteiger partial charge in [-0.1, -0.05) is 67.9 Å². The molecule has 2 rings (SSSR count). The van der Waals surface area contributed by atoms with Crippen molar-refractivity contribution >= 4 is 12.2 Å². The maximum Gasteiger partial charge on any atom is 0.130 e. The molecule has 4 heteroatoms. The van der Waals surface area contributed by atoms with Gasteiger partial charge >= 0.3 is 0 Å². The normalized spacial score (nSPS) is 13.0. The molecule has 0 bridgehead atoms. The van der Waals surface area contributed by atoms with Crippen molar-refractivity contribution in [3.63, 3.8) is 0 Å². The van der Waals surface area contributed by atoms with E-state index in [1.54, 1.807) is 12.1 Å². The fraction of sp³-hybridized carbons (Fsp3) is 0.304. The lowest BCUT2D eigenvalue weighted by molar-refractivity contribution is 0.0487. The molecule has 0 aliphatic heterocycles. The molecular weight excluding hydrogens is 340 g/mol. The van der Waals surface area contributed by atoms with Gasteiger partial charge < -0.3 is 20.4 Å². The first kappa shape index (κ1) is 20.7. The number of unbranched alkanes of at least 4 members (excludes halogenated alkanes) is 1. The van der Waals surface area contributed by atoms with E-state index in [0.717, 1.165) is 24.8 Å². The Hall–Kier alpha value is -2.56. The van der Waals surface area contributed by atoms with Crippen LogP contribution >= 0.6 is 0 Å². The van der Waals surface area contributed by atoms with Crippen LogP contribution in [0.15, 0.2) is 66.1 Å². The lowest BCUT2D eigenvalue weighted by Crippen LogP contribution is -2.34. The molecule has 2 aromatic carbocycles. The van der Waals surface area contributed by atoms with Gasteiger partial charge in [0.15, 0.2) is 0 Å². The zero-order chi connectivity index (χ0) is 19.7. The number of aryl methyl sites for hydroxylation is 1. The third-order valence-corrected chi connectivity index (χ3v) is 4.73. The molecule has 4 nitrogen and oxygen atoms in total. The molecule has 144 valence electrons. The Morgan fingerprint density at radius 2 is 1.33 bits per heavy atom. The number of hydrogen-bond donors (Lipinski definition) is 4. The maximum atomic E-state index is 10.6. The van der Waals surface area contributed by atoms with E-state index >= 15 is 0 Å². The summed E-state index contributed by atoms with van der Waals surface area (Å²) in [4.78, 5) is 0. The first-order valence-corrected chi connectivity index (χ1v) is 9.23. The monoisotopic (exact) mass is 368 g/mol. The molecule has 0 aliphatic rings. The van der Waals surface area contributed by atoms with Crippen LogP contribution in [0.2, 0.25) is 0 Å². The van der Waals surface area contributed by atoms with E-state index in [2.05, 4.69) is 6.92 Å². The van der Waals surface area contributed by atoms with Gasteiger partial charge in [-0.3, -0.25) is 0 Å². The molecule has 2 aromatic rings. The van der Waals surface area contributed by atoms with Gasteiger partial charge in [-0.05, 0) is 41.7 Å². The summed E-state index contributed by atoms with van der Waals surface area (Å²) in [5.41, 5.74) is 0.994. The average molecular weight is 368 g/mol. The van der Waals surface area contributed by atoms with Crippen LogP contribution in [-0.4, -0.2) is 33.6 Å². The third kappa shape index (κ3) is 5.22. The van der Waals surface area contributed by atoms with Crippen LogP contribution in [0.5, 0.6) is 0 Å². The molecule has 0 saturated heterocycles. The SMILES string of the molecule is CCCCc1ccc(C=C(O)C(CO)(CO)C(O)=Cc2ccccc2)cc1. The largest absolute Gasteiger partial charge is 0.511 e. The highest BCUT2D eigenvalue weighted by Gasteiger charge is 2.38. The van der Waals surface area contributed by atoms with E-state index in [4.69, 9.17) is 0 Å². The van der Waals surface area contributed by atoms with Crippen molar-refractivity contribution in [2.45, 2.75) is 26.2 Å². The second kappa shape index (κ2) is 9.95. The lowest BCUT2D eigenvalue weighted by atomic mass is 9.83. The summed E-state index contributed by atoms with van der Waals surface area (Å²) in [6.07, 6.45) is 6.15. The van der Waals surface area contributed by atoms with Gasteiger partial charge in [0, 0.05) is 0 Å². The highest BCUT2D eigenvalue weighted by atomic mass is 16.3. The quantitative estimate of drug-likeness (QED) is 0.491. The summed E-state index contributed by atoms with van der Waals surface area (Å²) >= 11 is 0. The highest BCUT2D eigenvalue weighted by molar-refractivity contribution is 5.58. The molecule has 0 fully saturated rings. The minimum atomic E-state index is -1.66. The van der Waals surface area contributed by atoms with Crippen LogP contribution in [-0.2, 0) is 6.42 Å². The second-order valence-corrected chi connectivity index (χ2v) is 6.71. The topological polar surface area (TPSA) is 80.9 Å². The van der Waals surface area contributed by atoms with Crippen molar-refractivity contribution < 1.29 is 20.4 Å². The standard InChI is InChI=1S/C23H28O4/c1-2-3-7-18-10-12-20(13-11-18)15-22(27)23(16-24,17-25)21(26)14-19-8-5-4-6-9-19/h4-6,8-15,24-27H,2-3,7,16-17H2,1H3. The summed E-state index contributed by atoms with van der Waals surface area (Å²) in [5, 5.41) is 40.9. The predicted octanol–water partition coefficient (Wildman–Crippen LogP) is 4.50. The molecule has 0 saturated carbocycles. The fourth-order valence-electron chi connectivity index (χ4n) is 2.81. The third-order valence-electron chi connectivity index (χ3n) is 4.73. The van der Waals surface area contributed by atoms with E-state index < -0.39 is 18.6 Å². The Kier molecular flexibility index (Phi) is 7.65. The van der Waals surface area contributed by atoms with Crippen molar-refractivity contribution in [2.75, 3.05) is 13.2 Å². The summed E-state index contributed by atoms with van der Waals surface area (Å²) in [6.45, 7) is 0.888. The molecule has 0 aromatic heterocycles. The molecule has 0 amide bonds. The van der Waals surface area contributed by atoms with Crippen molar-refractivity contribution in [3.8, 4) is 0 Å². The highest BCUT2D eigenvalue weighted by Crippen LogP contribution is 2.34. The molecular formula is C23H28O4. The van der Waals surface area contributed by atoms with E-state index in [1.165, 1.54) is 17.7 Å². The number of benzene rings is 2. The van der Waals surface area contributed by atoms with Gasteiger partial charge in [-0.2, -0.15) is 0 Å². The van der Waals surface area contributed by atoms with Gasteiger partial charge in [-0.25, -0.2) is 0 Å². The summed E-state index contributed by atoms with van der Waals surface area (Å²) in [6, 6.07) is 16.8. The Morgan fingerprint density at radius 1 is 0.815 bits per heavy atom. The zero-order valence-electron chi connectivity index (χ0n) is 15.7. The van der Waals surface area contributed by atoms with E-state index in [9.17, 15) is 20.4 Å². The van der Waals surface area contributed by atoms with Crippen LogP contribution < -0.4 is 0 Å². The van der Waals surface area contributed by atoms with Crippen LogP contribution in [0.25, 0.3) is 12.2 Å². The average Bonchev–Trinajstić information content (AvgIpc) is 2.69. The van der Waals surface area contributed by atoms with Crippen molar-refractivity contribution in [2.24, 2.45) is 5.41 Å². The van der Waals surface area contributed by atoms with Gasteiger partial charge in [0.25, 0.3) is 0 Å². The Balaban J connectivity index is 2.31. The molecule has 0 unspecified atom stereocenters. The van der Waals surface area contributed by atoms with Gasteiger partial charge in [0.05, 0.1) is 13.2 Å². The summed E-state index contributed by atoms with van der Waals surface area (Å²) in [5.74, 6) is -0.592. The van der Waals surface area contributed by atoms with Crippen molar-refractivity contribution in [1.82, 2.24) is 0 Å². The minimum Gasteiger partial charge on any atom is -0.511 e. The first-order chi connectivity index (χ1) is 13.1. The summed E-state index contributed by atoms with van der Waals surface area (Å²) in [7, 11) is 0. The lowest BCUT2D eigenvalue weighted by Gasteiger charge is -2.28. The second-order valence-electron chi connectivity index (χ2n) is 6.71. The molecule has 0 spiro atoms. The molecule has 0 aliphatic carbocycles. The number of aliphatic hydroxyl groups is 4. The minimum absolute atomic E-state index is 0.293. The number of rotatable bonds is 9. The Labute approximate surface area is 160 Å². The summed E-state index contributed by atoms with van der Waals surface area (Å²) < 4.78 is 0. The molecule has 0 radical (unpaired) electrons. The molecule has 0 heterocycles. The Morgan fingerprint density at radius 3 is 1.81 bits per heavy atom. The number of hydrogen-bond acceptors (Lipinski definition) is 4. The zero-order valence-corrected chi connectivity index (χ0v) is 15.7. The number of aliphatic hydroxyl groups excluding tert-OH is 4. The predicted molar refractivity (Wildman–Crippen MR) is 109 cm³/mol. The Bertz CT molecular complexity index is 757. The van der Waals surface area contributed by atoms with Crippen molar-refractivity contribution in [1.29, 1.82) is 0 Å². The van der Waals surface area contributed by atoms with E-state index in [-0.39, 0.29) is 11.5 Å². The molecule has 4 N–H and O–H groups in total. The van der Waals surface area contributed by atoms with Gasteiger partial charge in [0.1, 0.15) is 16.9 Å². The van der Waals surface area contributed by atoms with E-state index in [1.807, 2.05) is 42.5 Å². The smallest absolute Gasteiger partial charge is 0.130 e. The van der Waals surface area contributed by atoms with Gasteiger partial charge in [0.2, 0.25) is 0 Å². The van der Waals surface area contributed by atoms with Gasteiger partial charge in [-0.15, -0.1) is 0 Å². The first-order valence-electron chi connectivity index (χ1n) is 9.23. The van der Waals surface area contributed by atoms with Crippen LogP contribution in [0.1, 0.15) is 36.5 Å². The van der Waals surface area contributed by atoms with Crippen LogP contribution in [0, 0.1) is 5.41 Å². The van der Waals surface area contributed by atoms with Crippen LogP contribution in [0.4, 0.5) is 0 Å². The molecule has 27 heavy (non-hydrogen) atoms. The maximum absolute atomic E-state index is 10.6. The molecule has 0 atom stereocenters. The van der Waals surface area contributed by atoms with Crippen LogP contribution in [0.3, 0.4) is 0 Å². The van der Waals surface area contributed by atoms with Crippen molar-refractivity contribution in [3.05, 3.63) is 82.8 Å². The van der Waals surface area contributed by atoms with E-state index in [0.29, 0.717) is 5.56 Å². The fourth-order valence-corrected chi connectivity index (χ4v) is 2.81.